The molecule has 7 heteroatoms. The van der Waals surface area contributed by atoms with Gasteiger partial charge in [-0.1, -0.05) is 12.1 Å². The molecule has 0 amide bonds. The highest BCUT2D eigenvalue weighted by atomic mass is 16.5. The lowest BCUT2D eigenvalue weighted by atomic mass is 9.84. The number of hydrogen-bond acceptors (Lipinski definition) is 5. The average molecular weight is 393 g/mol. The topological polar surface area (TPSA) is 78.4 Å². The standard InChI is InChI=1S/C21H36N4O3/c1-4-22-20(24-16-21(8-11-26)9-12-27-17-21)23-15-18-6-5-7-19(14-18)28-13-10-25(2)3/h5-7,14,26H,4,8-13,15-17H2,1-3H3,(H2,22,23,24). The fourth-order valence-electron chi connectivity index (χ4n) is 3.17. The Labute approximate surface area is 169 Å². The van der Waals surface area contributed by atoms with E-state index in [0.29, 0.717) is 19.8 Å². The summed E-state index contributed by atoms with van der Waals surface area (Å²) in [4.78, 5) is 6.81. The largest absolute Gasteiger partial charge is 0.492 e. The Morgan fingerprint density at radius 1 is 1.36 bits per heavy atom. The molecule has 1 heterocycles. The van der Waals surface area contributed by atoms with Gasteiger partial charge < -0.3 is 30.1 Å². The number of nitrogens with one attached hydrogen (secondary N) is 2. The second-order valence-corrected chi connectivity index (χ2v) is 7.62. The molecule has 0 aromatic heterocycles. The van der Waals surface area contributed by atoms with Crippen LogP contribution in [0, 0.1) is 5.41 Å². The maximum atomic E-state index is 9.39. The average Bonchev–Trinajstić information content (AvgIpc) is 3.13. The predicted octanol–water partition coefficient (Wildman–Crippen LogP) is 1.47. The molecule has 0 spiro atoms. The highest BCUT2D eigenvalue weighted by molar-refractivity contribution is 5.79. The second-order valence-electron chi connectivity index (χ2n) is 7.62. The second kappa shape index (κ2) is 11.9. The van der Waals surface area contributed by atoms with E-state index < -0.39 is 0 Å². The lowest BCUT2D eigenvalue weighted by Gasteiger charge is -2.27. The van der Waals surface area contributed by atoms with Crippen molar-refractivity contribution in [1.82, 2.24) is 15.5 Å². The highest BCUT2D eigenvalue weighted by Crippen LogP contribution is 2.31. The first-order chi connectivity index (χ1) is 13.6. The molecule has 1 atom stereocenters. The van der Waals surface area contributed by atoms with E-state index in [1.54, 1.807) is 0 Å². The van der Waals surface area contributed by atoms with E-state index in [9.17, 15) is 5.11 Å². The Bertz CT molecular complexity index is 601. The predicted molar refractivity (Wildman–Crippen MR) is 113 cm³/mol. The molecule has 1 unspecified atom stereocenters. The highest BCUT2D eigenvalue weighted by Gasteiger charge is 2.34. The fraction of sp³-hybridized carbons (Fsp3) is 0.667. The van der Waals surface area contributed by atoms with Gasteiger partial charge in [-0.15, -0.1) is 0 Å². The van der Waals surface area contributed by atoms with Crippen LogP contribution in [0.3, 0.4) is 0 Å². The molecule has 2 rings (SSSR count). The first-order valence-corrected chi connectivity index (χ1v) is 10.1. The molecule has 158 valence electrons. The molecule has 1 aliphatic heterocycles. The molecule has 0 aliphatic carbocycles. The van der Waals surface area contributed by atoms with Crippen molar-refractivity contribution < 1.29 is 14.6 Å². The first kappa shape index (κ1) is 22.5. The van der Waals surface area contributed by atoms with E-state index >= 15 is 0 Å². The van der Waals surface area contributed by atoms with Gasteiger partial charge in [0.05, 0.1) is 13.2 Å². The van der Waals surface area contributed by atoms with E-state index in [4.69, 9.17) is 14.5 Å². The van der Waals surface area contributed by atoms with Gasteiger partial charge >= 0.3 is 0 Å². The minimum Gasteiger partial charge on any atom is -0.492 e. The third-order valence-corrected chi connectivity index (χ3v) is 4.93. The first-order valence-electron chi connectivity index (χ1n) is 10.1. The lowest BCUT2D eigenvalue weighted by molar-refractivity contribution is 0.127. The SMILES string of the molecule is CCNC(=NCc1cccc(OCCN(C)C)c1)NCC1(CCO)CCOC1. The number of guanidine groups is 1. The lowest BCUT2D eigenvalue weighted by Crippen LogP contribution is -2.44. The summed E-state index contributed by atoms with van der Waals surface area (Å²) in [5, 5.41) is 16.1. The molecule has 1 aromatic rings. The summed E-state index contributed by atoms with van der Waals surface area (Å²) in [7, 11) is 4.07. The quantitative estimate of drug-likeness (QED) is 0.391. The third kappa shape index (κ3) is 7.66. The number of aliphatic imine (C=N–C) groups is 1. The van der Waals surface area contributed by atoms with Gasteiger partial charge in [0.25, 0.3) is 0 Å². The van der Waals surface area contributed by atoms with Gasteiger partial charge in [-0.3, -0.25) is 0 Å². The normalized spacial score (nSPS) is 19.8. The van der Waals surface area contributed by atoms with Crippen LogP contribution in [0.5, 0.6) is 5.75 Å². The molecular weight excluding hydrogens is 356 g/mol. The Morgan fingerprint density at radius 2 is 2.21 bits per heavy atom. The van der Waals surface area contributed by atoms with Crippen LogP contribution in [0.1, 0.15) is 25.3 Å². The van der Waals surface area contributed by atoms with Gasteiger partial charge in [-0.05, 0) is 51.6 Å². The zero-order valence-electron chi connectivity index (χ0n) is 17.5. The van der Waals surface area contributed by atoms with Crippen molar-refractivity contribution in [3.63, 3.8) is 0 Å². The van der Waals surface area contributed by atoms with E-state index in [1.165, 1.54) is 0 Å². The number of hydrogen-bond donors (Lipinski definition) is 3. The summed E-state index contributed by atoms with van der Waals surface area (Å²) >= 11 is 0. The summed E-state index contributed by atoms with van der Waals surface area (Å²) in [5.74, 6) is 1.66. The van der Waals surface area contributed by atoms with E-state index in [1.807, 2.05) is 32.3 Å². The molecular formula is C21H36N4O3. The Kier molecular flexibility index (Phi) is 9.54. The van der Waals surface area contributed by atoms with Crippen LogP contribution in [-0.4, -0.2) is 76.1 Å². The maximum Gasteiger partial charge on any atom is 0.191 e. The van der Waals surface area contributed by atoms with Crippen molar-refractivity contribution in [2.24, 2.45) is 10.4 Å². The van der Waals surface area contributed by atoms with Gasteiger partial charge in [0.1, 0.15) is 12.4 Å². The Hall–Kier alpha value is -1.83. The van der Waals surface area contributed by atoms with Crippen LogP contribution in [-0.2, 0) is 11.3 Å². The van der Waals surface area contributed by atoms with Crippen LogP contribution in [0.4, 0.5) is 0 Å². The number of benzene rings is 1. The molecule has 7 nitrogen and oxygen atoms in total. The number of nitrogens with zero attached hydrogens (tertiary/aromatic N) is 2. The Morgan fingerprint density at radius 3 is 2.89 bits per heavy atom. The molecule has 28 heavy (non-hydrogen) atoms. The number of aliphatic hydroxyl groups is 1. The van der Waals surface area contributed by atoms with Crippen molar-refractivity contribution >= 4 is 5.96 Å². The molecule has 0 radical (unpaired) electrons. The van der Waals surface area contributed by atoms with Crippen LogP contribution >= 0.6 is 0 Å². The third-order valence-electron chi connectivity index (χ3n) is 4.93. The molecule has 1 fully saturated rings. The minimum absolute atomic E-state index is 0.00879. The van der Waals surface area contributed by atoms with Crippen molar-refractivity contribution in [2.45, 2.75) is 26.3 Å². The van der Waals surface area contributed by atoms with Crippen molar-refractivity contribution in [3.8, 4) is 5.75 Å². The summed E-state index contributed by atoms with van der Waals surface area (Å²) < 4.78 is 11.4. The summed E-state index contributed by atoms with van der Waals surface area (Å²) in [5.41, 5.74) is 1.10. The van der Waals surface area contributed by atoms with Crippen molar-refractivity contribution in [2.75, 3.05) is 60.2 Å². The minimum atomic E-state index is -0.00879. The van der Waals surface area contributed by atoms with E-state index in [2.05, 4.69) is 28.5 Å². The van der Waals surface area contributed by atoms with Crippen LogP contribution in [0.25, 0.3) is 0 Å². The monoisotopic (exact) mass is 392 g/mol. The van der Waals surface area contributed by atoms with Gasteiger partial charge in [-0.25, -0.2) is 4.99 Å². The molecule has 0 bridgehead atoms. The van der Waals surface area contributed by atoms with Crippen LogP contribution in [0.15, 0.2) is 29.3 Å². The molecule has 1 aromatic carbocycles. The molecule has 1 aliphatic rings. The molecule has 0 saturated carbocycles. The van der Waals surface area contributed by atoms with Crippen molar-refractivity contribution in [1.29, 1.82) is 0 Å². The molecule has 3 N–H and O–H groups in total. The maximum absolute atomic E-state index is 9.39. The number of likely N-dealkylation sites (N-methyl/N-ethyl adjacent to an activating group) is 1. The van der Waals surface area contributed by atoms with E-state index in [-0.39, 0.29) is 12.0 Å². The van der Waals surface area contributed by atoms with Crippen molar-refractivity contribution in [3.05, 3.63) is 29.8 Å². The number of aliphatic hydroxyl groups excluding tert-OH is 1. The van der Waals surface area contributed by atoms with Crippen LogP contribution < -0.4 is 15.4 Å². The van der Waals surface area contributed by atoms with Gasteiger partial charge in [-0.2, -0.15) is 0 Å². The fourth-order valence-corrected chi connectivity index (χ4v) is 3.17. The number of rotatable bonds is 11. The van der Waals surface area contributed by atoms with Gasteiger partial charge in [0.15, 0.2) is 5.96 Å². The Balaban J connectivity index is 1.92. The van der Waals surface area contributed by atoms with E-state index in [0.717, 1.165) is 56.4 Å². The number of ether oxygens (including phenoxy) is 2. The smallest absolute Gasteiger partial charge is 0.191 e. The summed E-state index contributed by atoms with van der Waals surface area (Å²) in [6, 6.07) is 8.08. The molecule has 1 saturated heterocycles. The zero-order valence-corrected chi connectivity index (χ0v) is 17.5. The van der Waals surface area contributed by atoms with Gasteiger partial charge in [0, 0.05) is 38.3 Å². The summed E-state index contributed by atoms with van der Waals surface area (Å²) in [6.45, 7) is 7.34. The zero-order chi connectivity index (χ0) is 20.2. The summed E-state index contributed by atoms with van der Waals surface area (Å²) in [6.07, 6.45) is 1.71. The van der Waals surface area contributed by atoms with Crippen LogP contribution in [0.2, 0.25) is 0 Å². The van der Waals surface area contributed by atoms with Gasteiger partial charge in [0.2, 0.25) is 0 Å².